The quantitative estimate of drug-likeness (QED) is 0.881. The van der Waals surface area contributed by atoms with Crippen molar-refractivity contribution in [2.75, 3.05) is 6.54 Å². The number of thiophene rings is 1. The zero-order valence-electron chi connectivity index (χ0n) is 10.2. The van der Waals surface area contributed by atoms with Gasteiger partial charge < -0.3 is 5.11 Å². The molecule has 1 aromatic heterocycles. The van der Waals surface area contributed by atoms with E-state index in [1.807, 2.05) is 31.1 Å². The van der Waals surface area contributed by atoms with E-state index in [1.165, 1.54) is 5.56 Å². The van der Waals surface area contributed by atoms with Crippen LogP contribution in [0, 0.1) is 0 Å². The first kappa shape index (κ1) is 13.2. The van der Waals surface area contributed by atoms with Gasteiger partial charge in [-0.05, 0) is 50.1 Å². The third-order valence-corrected chi connectivity index (χ3v) is 3.36. The van der Waals surface area contributed by atoms with Crippen LogP contribution in [0.25, 0.3) is 0 Å². The van der Waals surface area contributed by atoms with Crippen LogP contribution in [0.2, 0.25) is 0 Å². The molecule has 1 N–H and O–H groups in total. The lowest BCUT2D eigenvalue weighted by atomic mass is 10.0. The van der Waals surface area contributed by atoms with E-state index in [9.17, 15) is 4.79 Å². The van der Waals surface area contributed by atoms with E-state index in [-0.39, 0.29) is 18.1 Å². The van der Waals surface area contributed by atoms with Crippen LogP contribution in [0.4, 0.5) is 0 Å². The van der Waals surface area contributed by atoms with Gasteiger partial charge in [0, 0.05) is 11.6 Å². The maximum absolute atomic E-state index is 10.9. The fourth-order valence-electron chi connectivity index (χ4n) is 1.79. The summed E-state index contributed by atoms with van der Waals surface area (Å²) in [6.45, 7) is 8.24. The first-order valence-electron chi connectivity index (χ1n) is 5.33. The number of hydrogen-bond donors (Lipinski definition) is 1. The zero-order valence-corrected chi connectivity index (χ0v) is 11.0. The topological polar surface area (TPSA) is 40.5 Å². The summed E-state index contributed by atoms with van der Waals surface area (Å²) in [6.07, 6.45) is 0. The largest absolute Gasteiger partial charge is 0.480 e. The molecule has 1 rings (SSSR count). The summed E-state index contributed by atoms with van der Waals surface area (Å²) in [4.78, 5) is 12.9. The van der Waals surface area contributed by atoms with E-state index in [1.54, 1.807) is 11.3 Å². The van der Waals surface area contributed by atoms with E-state index in [4.69, 9.17) is 5.11 Å². The molecule has 16 heavy (non-hydrogen) atoms. The molecule has 0 fully saturated rings. The van der Waals surface area contributed by atoms with Gasteiger partial charge in [-0.1, -0.05) is 0 Å². The molecule has 0 radical (unpaired) electrons. The summed E-state index contributed by atoms with van der Waals surface area (Å²) in [7, 11) is 0. The van der Waals surface area contributed by atoms with Gasteiger partial charge in [-0.25, -0.2) is 0 Å². The minimum atomic E-state index is -0.781. The molecule has 1 aromatic rings. The lowest BCUT2D eigenvalue weighted by Crippen LogP contribution is -2.45. The fourth-order valence-corrected chi connectivity index (χ4v) is 2.54. The van der Waals surface area contributed by atoms with Gasteiger partial charge in [0.05, 0.1) is 6.54 Å². The molecular formula is C12H19NO2S. The average Bonchev–Trinajstić information content (AvgIpc) is 2.63. The Labute approximate surface area is 101 Å². The van der Waals surface area contributed by atoms with Crippen LogP contribution >= 0.6 is 11.3 Å². The molecule has 1 atom stereocenters. The molecule has 0 bridgehead atoms. The van der Waals surface area contributed by atoms with Crippen LogP contribution in [0.5, 0.6) is 0 Å². The Kier molecular flexibility index (Phi) is 4.10. The van der Waals surface area contributed by atoms with Gasteiger partial charge in [-0.2, -0.15) is 11.3 Å². The Bertz CT molecular complexity index is 340. The van der Waals surface area contributed by atoms with Gasteiger partial charge in [0.25, 0.3) is 0 Å². The molecule has 0 aromatic carbocycles. The Balaban J connectivity index is 2.89. The van der Waals surface area contributed by atoms with E-state index in [2.05, 4.69) is 18.4 Å². The van der Waals surface area contributed by atoms with Crippen molar-refractivity contribution in [1.29, 1.82) is 0 Å². The van der Waals surface area contributed by atoms with Gasteiger partial charge in [-0.3, -0.25) is 9.69 Å². The summed E-state index contributed by atoms with van der Waals surface area (Å²) in [5.41, 5.74) is 1.03. The number of hydrogen-bond acceptors (Lipinski definition) is 3. The fraction of sp³-hybridized carbons (Fsp3) is 0.583. The van der Waals surface area contributed by atoms with Crippen molar-refractivity contribution in [3.05, 3.63) is 22.4 Å². The zero-order chi connectivity index (χ0) is 12.3. The Hall–Kier alpha value is -0.870. The number of carboxylic acids is 1. The highest BCUT2D eigenvalue weighted by Crippen LogP contribution is 2.28. The number of carbonyl (C=O) groups is 1. The van der Waals surface area contributed by atoms with Gasteiger partial charge in [-0.15, -0.1) is 0 Å². The molecule has 1 unspecified atom stereocenters. The van der Waals surface area contributed by atoms with Crippen LogP contribution in [-0.4, -0.2) is 28.1 Å². The van der Waals surface area contributed by atoms with E-state index >= 15 is 0 Å². The molecule has 4 heteroatoms. The van der Waals surface area contributed by atoms with Crippen LogP contribution < -0.4 is 0 Å². The van der Waals surface area contributed by atoms with Crippen molar-refractivity contribution in [2.45, 2.75) is 39.3 Å². The maximum Gasteiger partial charge on any atom is 0.317 e. The lowest BCUT2D eigenvalue weighted by Gasteiger charge is -2.39. The van der Waals surface area contributed by atoms with Crippen LogP contribution in [0.15, 0.2) is 16.8 Å². The number of nitrogens with zero attached hydrogens (tertiary/aromatic N) is 1. The van der Waals surface area contributed by atoms with Gasteiger partial charge in [0.15, 0.2) is 0 Å². The second-order valence-electron chi connectivity index (χ2n) is 4.93. The molecule has 0 amide bonds. The summed E-state index contributed by atoms with van der Waals surface area (Å²) in [5, 5.41) is 13.1. The molecule has 3 nitrogen and oxygen atoms in total. The molecule has 0 aliphatic carbocycles. The highest BCUT2D eigenvalue weighted by Gasteiger charge is 2.28. The SMILES string of the molecule is CC(c1ccsc1)N(CC(=O)O)C(C)(C)C. The Morgan fingerprint density at radius 2 is 2.19 bits per heavy atom. The predicted octanol–water partition coefficient (Wildman–Crippen LogP) is 2.99. The van der Waals surface area contributed by atoms with Crippen LogP contribution in [0.1, 0.15) is 39.3 Å². The summed E-state index contributed by atoms with van der Waals surface area (Å²) in [6, 6.07) is 2.18. The first-order valence-corrected chi connectivity index (χ1v) is 6.27. The molecule has 0 saturated heterocycles. The minimum Gasteiger partial charge on any atom is -0.480 e. The van der Waals surface area contributed by atoms with Gasteiger partial charge >= 0.3 is 5.97 Å². The number of rotatable bonds is 4. The van der Waals surface area contributed by atoms with E-state index in [0.717, 1.165) is 0 Å². The van der Waals surface area contributed by atoms with Crippen molar-refractivity contribution in [3.63, 3.8) is 0 Å². The minimum absolute atomic E-state index is 0.0700. The second-order valence-corrected chi connectivity index (χ2v) is 5.71. The van der Waals surface area contributed by atoms with Crippen molar-refractivity contribution < 1.29 is 9.90 Å². The predicted molar refractivity (Wildman–Crippen MR) is 66.8 cm³/mol. The third-order valence-electron chi connectivity index (χ3n) is 2.66. The lowest BCUT2D eigenvalue weighted by molar-refractivity contribution is -0.140. The van der Waals surface area contributed by atoms with Crippen molar-refractivity contribution in [1.82, 2.24) is 4.90 Å². The van der Waals surface area contributed by atoms with E-state index in [0.29, 0.717) is 0 Å². The molecular weight excluding hydrogens is 222 g/mol. The van der Waals surface area contributed by atoms with Crippen LogP contribution in [-0.2, 0) is 4.79 Å². The normalized spacial score (nSPS) is 14.1. The number of aliphatic carboxylic acids is 1. The standard InChI is InChI=1S/C12H19NO2S/c1-9(10-5-6-16-8-10)13(7-11(14)15)12(2,3)4/h5-6,8-9H,7H2,1-4H3,(H,14,15). The van der Waals surface area contributed by atoms with Crippen LogP contribution in [0.3, 0.4) is 0 Å². The highest BCUT2D eigenvalue weighted by molar-refractivity contribution is 7.07. The molecule has 90 valence electrons. The number of carboxylic acid groups (broad SMARTS) is 1. The second kappa shape index (κ2) is 4.97. The van der Waals surface area contributed by atoms with E-state index < -0.39 is 5.97 Å². The molecule has 0 aliphatic heterocycles. The maximum atomic E-state index is 10.9. The summed E-state index contributed by atoms with van der Waals surface area (Å²) >= 11 is 1.64. The molecule has 0 saturated carbocycles. The highest BCUT2D eigenvalue weighted by atomic mass is 32.1. The monoisotopic (exact) mass is 241 g/mol. The van der Waals surface area contributed by atoms with Crippen molar-refractivity contribution >= 4 is 17.3 Å². The summed E-state index contributed by atoms with van der Waals surface area (Å²) in [5.74, 6) is -0.781. The molecule has 1 heterocycles. The Morgan fingerprint density at radius 3 is 2.56 bits per heavy atom. The first-order chi connectivity index (χ1) is 7.32. The third kappa shape index (κ3) is 3.32. The molecule has 0 spiro atoms. The average molecular weight is 241 g/mol. The molecule has 0 aliphatic rings. The summed E-state index contributed by atoms with van der Waals surface area (Å²) < 4.78 is 0. The van der Waals surface area contributed by atoms with Gasteiger partial charge in [0.1, 0.15) is 0 Å². The Morgan fingerprint density at radius 1 is 1.56 bits per heavy atom. The smallest absolute Gasteiger partial charge is 0.317 e. The van der Waals surface area contributed by atoms with Gasteiger partial charge in [0.2, 0.25) is 0 Å². The van der Waals surface area contributed by atoms with Crippen molar-refractivity contribution in [2.24, 2.45) is 0 Å². The van der Waals surface area contributed by atoms with Crippen molar-refractivity contribution in [3.8, 4) is 0 Å².